The van der Waals surface area contributed by atoms with Gasteiger partial charge in [0.15, 0.2) is 0 Å². The molecule has 1 fully saturated rings. The van der Waals surface area contributed by atoms with E-state index in [4.69, 9.17) is 5.73 Å². The monoisotopic (exact) mass is 241 g/mol. The van der Waals surface area contributed by atoms with E-state index < -0.39 is 0 Å². The van der Waals surface area contributed by atoms with Crippen molar-refractivity contribution < 1.29 is 4.79 Å². The van der Waals surface area contributed by atoms with Crippen molar-refractivity contribution in [3.8, 4) is 0 Å². The van der Waals surface area contributed by atoms with E-state index in [-0.39, 0.29) is 11.9 Å². The van der Waals surface area contributed by atoms with Gasteiger partial charge in [-0.1, -0.05) is 13.3 Å². The normalized spacial score (nSPS) is 25.5. The molecule has 0 spiro atoms. The summed E-state index contributed by atoms with van der Waals surface area (Å²) in [6.07, 6.45) is 4.38. The van der Waals surface area contributed by atoms with E-state index in [1.165, 1.54) is 0 Å². The first-order valence-corrected chi connectivity index (χ1v) is 6.78. The van der Waals surface area contributed by atoms with Crippen LogP contribution in [-0.2, 0) is 4.79 Å². The summed E-state index contributed by atoms with van der Waals surface area (Å²) in [5.41, 5.74) is 5.76. The SMILES string of the molecule is CCCCNC(=O)C(C)N(C)CC1CC(N)C1. The Morgan fingerprint density at radius 2 is 2.18 bits per heavy atom. The van der Waals surface area contributed by atoms with Crippen LogP contribution in [0.3, 0.4) is 0 Å². The number of nitrogens with one attached hydrogen (secondary N) is 1. The van der Waals surface area contributed by atoms with Crippen molar-refractivity contribution in [1.29, 1.82) is 0 Å². The molecule has 4 nitrogen and oxygen atoms in total. The highest BCUT2D eigenvalue weighted by Gasteiger charge is 2.29. The third-order valence-corrected chi connectivity index (χ3v) is 3.69. The summed E-state index contributed by atoms with van der Waals surface area (Å²) in [5.74, 6) is 0.825. The van der Waals surface area contributed by atoms with Gasteiger partial charge in [0, 0.05) is 19.1 Å². The minimum absolute atomic E-state index is 0.0383. The minimum Gasteiger partial charge on any atom is -0.355 e. The minimum atomic E-state index is -0.0383. The van der Waals surface area contributed by atoms with E-state index >= 15 is 0 Å². The Labute approximate surface area is 105 Å². The van der Waals surface area contributed by atoms with Crippen LogP contribution in [0.1, 0.15) is 39.5 Å². The summed E-state index contributed by atoms with van der Waals surface area (Å²) < 4.78 is 0. The molecule has 1 aliphatic rings. The Hall–Kier alpha value is -0.610. The number of amides is 1. The number of nitrogens with zero attached hydrogens (tertiary/aromatic N) is 1. The van der Waals surface area contributed by atoms with E-state index in [0.717, 1.165) is 38.8 Å². The summed E-state index contributed by atoms with van der Waals surface area (Å²) in [6.45, 7) is 5.87. The lowest BCUT2D eigenvalue weighted by molar-refractivity contribution is -0.125. The van der Waals surface area contributed by atoms with Crippen LogP contribution in [0.4, 0.5) is 0 Å². The second kappa shape index (κ2) is 6.97. The average molecular weight is 241 g/mol. The van der Waals surface area contributed by atoms with Gasteiger partial charge in [0.05, 0.1) is 6.04 Å². The predicted octanol–water partition coefficient (Wildman–Crippen LogP) is 0.960. The van der Waals surface area contributed by atoms with E-state index in [2.05, 4.69) is 17.1 Å². The molecule has 17 heavy (non-hydrogen) atoms. The van der Waals surface area contributed by atoms with Gasteiger partial charge < -0.3 is 11.1 Å². The van der Waals surface area contributed by atoms with Crippen molar-refractivity contribution in [3.63, 3.8) is 0 Å². The van der Waals surface area contributed by atoms with Gasteiger partial charge in [0.2, 0.25) is 5.91 Å². The first-order valence-electron chi connectivity index (χ1n) is 6.78. The number of carbonyl (C=O) groups excluding carboxylic acids is 1. The van der Waals surface area contributed by atoms with Crippen molar-refractivity contribution >= 4 is 5.91 Å². The molecule has 0 bridgehead atoms. The summed E-state index contributed by atoms with van der Waals surface area (Å²) >= 11 is 0. The van der Waals surface area contributed by atoms with Gasteiger partial charge >= 0.3 is 0 Å². The molecule has 0 aliphatic heterocycles. The van der Waals surface area contributed by atoms with Gasteiger partial charge in [-0.2, -0.15) is 0 Å². The smallest absolute Gasteiger partial charge is 0.237 e. The molecule has 0 aromatic heterocycles. The molecule has 3 N–H and O–H groups in total. The van der Waals surface area contributed by atoms with Crippen LogP contribution in [0.15, 0.2) is 0 Å². The lowest BCUT2D eigenvalue weighted by Crippen LogP contribution is -2.48. The van der Waals surface area contributed by atoms with Gasteiger partial charge in [-0.25, -0.2) is 0 Å². The summed E-state index contributed by atoms with van der Waals surface area (Å²) in [7, 11) is 2.02. The lowest BCUT2D eigenvalue weighted by Gasteiger charge is -2.36. The molecule has 0 heterocycles. The molecule has 1 aliphatic carbocycles. The second-order valence-corrected chi connectivity index (χ2v) is 5.36. The molecule has 4 heteroatoms. The number of hydrogen-bond acceptors (Lipinski definition) is 3. The summed E-state index contributed by atoms with van der Waals surface area (Å²) in [4.78, 5) is 14.0. The third kappa shape index (κ3) is 4.64. The summed E-state index contributed by atoms with van der Waals surface area (Å²) in [5, 5.41) is 2.98. The number of hydrogen-bond donors (Lipinski definition) is 2. The Kier molecular flexibility index (Phi) is 5.92. The topological polar surface area (TPSA) is 58.4 Å². The first kappa shape index (κ1) is 14.5. The predicted molar refractivity (Wildman–Crippen MR) is 70.7 cm³/mol. The molecule has 0 aromatic carbocycles. The molecule has 0 aromatic rings. The molecule has 0 saturated heterocycles. The molecule has 1 unspecified atom stereocenters. The molecular formula is C13H27N3O. The van der Waals surface area contributed by atoms with E-state index in [1.807, 2.05) is 14.0 Å². The average Bonchev–Trinajstić information content (AvgIpc) is 2.26. The van der Waals surface area contributed by atoms with Crippen molar-refractivity contribution in [2.45, 2.75) is 51.6 Å². The highest BCUT2D eigenvalue weighted by atomic mass is 16.2. The van der Waals surface area contributed by atoms with Crippen LogP contribution >= 0.6 is 0 Å². The van der Waals surface area contributed by atoms with Gasteiger partial charge in [-0.3, -0.25) is 9.69 Å². The number of carbonyl (C=O) groups is 1. The molecular weight excluding hydrogens is 214 g/mol. The number of rotatable bonds is 7. The van der Waals surface area contributed by atoms with Crippen LogP contribution in [0, 0.1) is 5.92 Å². The van der Waals surface area contributed by atoms with Crippen LogP contribution in [0.25, 0.3) is 0 Å². The Balaban J connectivity index is 2.20. The van der Waals surface area contributed by atoms with E-state index in [9.17, 15) is 4.79 Å². The summed E-state index contributed by atoms with van der Waals surface area (Å²) in [6, 6.07) is 0.353. The van der Waals surface area contributed by atoms with Crippen LogP contribution in [0.2, 0.25) is 0 Å². The zero-order valence-corrected chi connectivity index (χ0v) is 11.4. The maximum Gasteiger partial charge on any atom is 0.237 e. The molecule has 0 radical (unpaired) electrons. The number of likely N-dealkylation sites (N-methyl/N-ethyl adjacent to an activating group) is 1. The standard InChI is InChI=1S/C13H27N3O/c1-4-5-6-15-13(17)10(2)16(3)9-11-7-12(14)8-11/h10-12H,4-9,14H2,1-3H3,(H,15,17). The molecule has 1 amide bonds. The maximum absolute atomic E-state index is 11.8. The fourth-order valence-corrected chi connectivity index (χ4v) is 2.24. The molecule has 1 rings (SSSR count). The van der Waals surface area contributed by atoms with E-state index in [0.29, 0.717) is 12.0 Å². The molecule has 100 valence electrons. The molecule has 1 saturated carbocycles. The van der Waals surface area contributed by atoms with Crippen LogP contribution in [-0.4, -0.2) is 43.0 Å². The highest BCUT2D eigenvalue weighted by molar-refractivity contribution is 5.81. The lowest BCUT2D eigenvalue weighted by atomic mass is 9.80. The van der Waals surface area contributed by atoms with E-state index in [1.54, 1.807) is 0 Å². The number of nitrogens with two attached hydrogens (primary N) is 1. The maximum atomic E-state index is 11.8. The van der Waals surface area contributed by atoms with Gasteiger partial charge in [0.1, 0.15) is 0 Å². The first-order chi connectivity index (χ1) is 8.04. The Bertz CT molecular complexity index is 239. The zero-order valence-electron chi connectivity index (χ0n) is 11.4. The quantitative estimate of drug-likeness (QED) is 0.653. The van der Waals surface area contributed by atoms with Gasteiger partial charge in [-0.05, 0) is 39.2 Å². The third-order valence-electron chi connectivity index (χ3n) is 3.69. The number of unbranched alkanes of at least 4 members (excludes halogenated alkanes) is 1. The van der Waals surface area contributed by atoms with Gasteiger partial charge in [0.25, 0.3) is 0 Å². The Morgan fingerprint density at radius 3 is 2.71 bits per heavy atom. The highest BCUT2D eigenvalue weighted by Crippen LogP contribution is 2.26. The van der Waals surface area contributed by atoms with Crippen molar-refractivity contribution in [2.24, 2.45) is 11.7 Å². The van der Waals surface area contributed by atoms with Crippen LogP contribution in [0.5, 0.6) is 0 Å². The van der Waals surface area contributed by atoms with Crippen molar-refractivity contribution in [1.82, 2.24) is 10.2 Å². The fraction of sp³-hybridized carbons (Fsp3) is 0.923. The second-order valence-electron chi connectivity index (χ2n) is 5.36. The van der Waals surface area contributed by atoms with Crippen molar-refractivity contribution in [3.05, 3.63) is 0 Å². The molecule has 1 atom stereocenters. The van der Waals surface area contributed by atoms with Gasteiger partial charge in [-0.15, -0.1) is 0 Å². The largest absolute Gasteiger partial charge is 0.355 e. The fourth-order valence-electron chi connectivity index (χ4n) is 2.24. The van der Waals surface area contributed by atoms with Crippen LogP contribution < -0.4 is 11.1 Å². The zero-order chi connectivity index (χ0) is 12.8. The van der Waals surface area contributed by atoms with Crippen molar-refractivity contribution in [2.75, 3.05) is 20.1 Å². The Morgan fingerprint density at radius 1 is 1.53 bits per heavy atom.